The van der Waals surface area contributed by atoms with Crippen molar-refractivity contribution in [1.29, 1.82) is 0 Å². The Hall–Kier alpha value is -0.280. The summed E-state index contributed by atoms with van der Waals surface area (Å²) in [5, 5.41) is 0. The van der Waals surface area contributed by atoms with E-state index in [2.05, 4.69) is 13.8 Å². The molecule has 0 N–H and O–H groups in total. The monoisotopic (exact) mass is 297 g/mol. The fourth-order valence-electron chi connectivity index (χ4n) is 5.41. The van der Waals surface area contributed by atoms with E-state index in [-0.39, 0.29) is 11.7 Å². The van der Waals surface area contributed by atoms with Crippen LogP contribution in [0, 0.1) is 29.6 Å². The molecule has 0 aromatic carbocycles. The maximum Gasteiger partial charge on any atom is 0.226 e. The number of nitrogens with zero attached hydrogens (tertiary/aromatic N) is 1. The minimum absolute atomic E-state index is 0.0142. The normalized spacial score (nSPS) is 48.2. The number of halogens is 1. The number of fused-ring (bicyclic) bond motifs is 5. The van der Waals surface area contributed by atoms with Crippen molar-refractivity contribution in [2.24, 2.45) is 29.6 Å². The van der Waals surface area contributed by atoms with Gasteiger partial charge in [0.25, 0.3) is 0 Å². The second-order valence-corrected chi connectivity index (χ2v) is 8.19. The van der Waals surface area contributed by atoms with Crippen LogP contribution in [0.25, 0.3) is 0 Å². The van der Waals surface area contributed by atoms with E-state index in [1.165, 1.54) is 19.3 Å². The van der Waals surface area contributed by atoms with Gasteiger partial charge in [0, 0.05) is 19.0 Å². The van der Waals surface area contributed by atoms with Crippen LogP contribution < -0.4 is 0 Å². The lowest BCUT2D eigenvalue weighted by Crippen LogP contribution is -2.55. The molecule has 1 amide bonds. The molecule has 1 heterocycles. The van der Waals surface area contributed by atoms with E-state index in [0.717, 1.165) is 23.7 Å². The molecule has 1 aliphatic heterocycles. The second kappa shape index (κ2) is 4.36. The number of ether oxygens (including phenoxy) is 1. The van der Waals surface area contributed by atoms with E-state index in [4.69, 9.17) is 16.3 Å². The van der Waals surface area contributed by atoms with Crippen molar-refractivity contribution in [3.63, 3.8) is 0 Å². The fraction of sp³-hybridized carbons (Fsp3) is 0.938. The third kappa shape index (κ3) is 1.93. The van der Waals surface area contributed by atoms with Crippen LogP contribution in [0.2, 0.25) is 0 Å². The highest BCUT2D eigenvalue weighted by molar-refractivity contribution is 6.18. The van der Waals surface area contributed by atoms with Gasteiger partial charge >= 0.3 is 0 Å². The van der Waals surface area contributed by atoms with Crippen molar-refractivity contribution < 1.29 is 9.53 Å². The Morgan fingerprint density at radius 2 is 1.95 bits per heavy atom. The molecule has 3 aliphatic carbocycles. The molecule has 5 atom stereocenters. The van der Waals surface area contributed by atoms with Crippen molar-refractivity contribution >= 4 is 17.5 Å². The molecule has 4 fully saturated rings. The maximum absolute atomic E-state index is 12.9. The summed E-state index contributed by atoms with van der Waals surface area (Å²) in [5.41, 5.74) is -0.267. The zero-order valence-corrected chi connectivity index (χ0v) is 13.1. The molecule has 112 valence electrons. The first-order valence-electron chi connectivity index (χ1n) is 8.03. The lowest BCUT2D eigenvalue weighted by atomic mass is 10.00. The van der Waals surface area contributed by atoms with Gasteiger partial charge in [0.15, 0.2) is 0 Å². The number of amides is 1. The molecule has 0 radical (unpaired) electrons. The predicted octanol–water partition coefficient (Wildman–Crippen LogP) is 2.52. The lowest BCUT2D eigenvalue weighted by Gasteiger charge is -2.42. The Balaban J connectivity index is 1.47. The van der Waals surface area contributed by atoms with E-state index in [9.17, 15) is 4.79 Å². The van der Waals surface area contributed by atoms with E-state index in [0.29, 0.717) is 30.8 Å². The highest BCUT2D eigenvalue weighted by atomic mass is 35.5. The summed E-state index contributed by atoms with van der Waals surface area (Å²) in [6.07, 6.45) is 4.13. The van der Waals surface area contributed by atoms with Gasteiger partial charge in [-0.15, -0.1) is 11.6 Å². The molecular formula is C16H24ClNO2. The van der Waals surface area contributed by atoms with Crippen LogP contribution in [0.15, 0.2) is 0 Å². The average Bonchev–Trinajstić information content (AvgIpc) is 2.83. The van der Waals surface area contributed by atoms with Crippen molar-refractivity contribution in [3.05, 3.63) is 0 Å². The van der Waals surface area contributed by atoms with Crippen LogP contribution in [0.1, 0.15) is 33.1 Å². The largest absolute Gasteiger partial charge is 0.367 e. The second-order valence-electron chi connectivity index (χ2n) is 7.89. The molecule has 4 aliphatic rings. The van der Waals surface area contributed by atoms with E-state index in [1.54, 1.807) is 0 Å². The van der Waals surface area contributed by atoms with E-state index >= 15 is 0 Å². The minimum atomic E-state index is -0.267. The van der Waals surface area contributed by atoms with Gasteiger partial charge in [0.2, 0.25) is 5.91 Å². The summed E-state index contributed by atoms with van der Waals surface area (Å²) < 4.78 is 5.93. The minimum Gasteiger partial charge on any atom is -0.367 e. The van der Waals surface area contributed by atoms with Gasteiger partial charge < -0.3 is 9.64 Å². The van der Waals surface area contributed by atoms with Gasteiger partial charge in [-0.25, -0.2) is 0 Å². The summed E-state index contributed by atoms with van der Waals surface area (Å²) in [6.45, 7) is 5.51. The van der Waals surface area contributed by atoms with E-state index < -0.39 is 0 Å². The van der Waals surface area contributed by atoms with Gasteiger partial charge in [-0.2, -0.15) is 0 Å². The molecule has 0 aromatic rings. The van der Waals surface area contributed by atoms with Crippen LogP contribution >= 0.6 is 11.6 Å². The summed E-state index contributed by atoms with van der Waals surface area (Å²) >= 11 is 5.96. The number of hydrogen-bond donors (Lipinski definition) is 0. The van der Waals surface area contributed by atoms with Crippen molar-refractivity contribution in [1.82, 2.24) is 4.90 Å². The van der Waals surface area contributed by atoms with Crippen LogP contribution in [-0.2, 0) is 9.53 Å². The van der Waals surface area contributed by atoms with Crippen molar-refractivity contribution in [3.8, 4) is 0 Å². The first-order chi connectivity index (χ1) is 9.50. The number of alkyl halides is 1. The van der Waals surface area contributed by atoms with Gasteiger partial charge in [0.1, 0.15) is 0 Å². The van der Waals surface area contributed by atoms with Crippen LogP contribution in [-0.4, -0.2) is 41.5 Å². The SMILES string of the molecule is CC1(C)CN(C(=O)C2C3C4CCC(C4)C23)CC(CCl)O1. The Morgan fingerprint density at radius 1 is 1.30 bits per heavy atom. The Labute approximate surface area is 126 Å². The molecule has 5 unspecified atom stereocenters. The standard InChI is InChI=1S/C16H24ClNO2/c1-16(2)8-18(7-11(6-17)20-16)15(19)14-12-9-3-4-10(5-9)13(12)14/h9-14H,3-8H2,1-2H3. The number of morpholine rings is 1. The van der Waals surface area contributed by atoms with Crippen molar-refractivity contribution in [2.45, 2.75) is 44.8 Å². The molecule has 0 spiro atoms. The molecule has 0 aromatic heterocycles. The lowest BCUT2D eigenvalue weighted by molar-refractivity contribution is -0.159. The van der Waals surface area contributed by atoms with E-state index in [1.807, 2.05) is 4.90 Å². The third-order valence-corrected chi connectivity index (χ3v) is 6.33. The number of rotatable bonds is 2. The van der Waals surface area contributed by atoms with Gasteiger partial charge in [-0.1, -0.05) is 0 Å². The highest BCUT2D eigenvalue weighted by Gasteiger charge is 2.68. The maximum atomic E-state index is 12.9. The Bertz CT molecular complexity index is 422. The van der Waals surface area contributed by atoms with Crippen LogP contribution in [0.3, 0.4) is 0 Å². The molecule has 3 nitrogen and oxygen atoms in total. The number of hydrogen-bond acceptors (Lipinski definition) is 2. The quantitative estimate of drug-likeness (QED) is 0.733. The fourth-order valence-corrected chi connectivity index (χ4v) is 5.57. The molecule has 4 heteroatoms. The average molecular weight is 298 g/mol. The Morgan fingerprint density at radius 3 is 2.55 bits per heavy atom. The summed E-state index contributed by atoms with van der Waals surface area (Å²) in [5.74, 6) is 4.36. The van der Waals surface area contributed by atoms with Gasteiger partial charge in [0.05, 0.1) is 17.6 Å². The summed E-state index contributed by atoms with van der Waals surface area (Å²) in [7, 11) is 0. The molecule has 1 saturated heterocycles. The smallest absolute Gasteiger partial charge is 0.226 e. The number of carbonyl (C=O) groups is 1. The topological polar surface area (TPSA) is 29.5 Å². The predicted molar refractivity (Wildman–Crippen MR) is 77.6 cm³/mol. The molecule has 2 bridgehead atoms. The molecule has 20 heavy (non-hydrogen) atoms. The van der Waals surface area contributed by atoms with Crippen LogP contribution in [0.5, 0.6) is 0 Å². The molecule has 3 saturated carbocycles. The first kappa shape index (κ1) is 13.4. The van der Waals surface area contributed by atoms with Crippen molar-refractivity contribution in [2.75, 3.05) is 19.0 Å². The zero-order valence-electron chi connectivity index (χ0n) is 12.3. The molecular weight excluding hydrogens is 274 g/mol. The summed E-state index contributed by atoms with van der Waals surface area (Å²) in [6, 6.07) is 0. The summed E-state index contributed by atoms with van der Waals surface area (Å²) in [4.78, 5) is 14.9. The number of carbonyl (C=O) groups excluding carboxylic acids is 1. The third-order valence-electron chi connectivity index (χ3n) is 5.99. The molecule has 4 rings (SSSR count). The van der Waals surface area contributed by atoms with Crippen LogP contribution in [0.4, 0.5) is 0 Å². The van der Waals surface area contributed by atoms with Gasteiger partial charge in [-0.05, 0) is 56.8 Å². The van der Waals surface area contributed by atoms with Gasteiger partial charge in [-0.3, -0.25) is 4.79 Å². The highest BCUT2D eigenvalue weighted by Crippen LogP contribution is 2.69. The Kier molecular flexibility index (Phi) is 2.92. The zero-order chi connectivity index (χ0) is 14.1. The first-order valence-corrected chi connectivity index (χ1v) is 8.56.